The van der Waals surface area contributed by atoms with Gasteiger partial charge in [0.25, 0.3) is 0 Å². The summed E-state index contributed by atoms with van der Waals surface area (Å²) < 4.78 is 20.7. The zero-order chi connectivity index (χ0) is 20.1. The zero-order valence-electron chi connectivity index (χ0n) is 16.3. The largest absolute Gasteiger partial charge is 0.493 e. The molecule has 0 bridgehead atoms. The molecule has 0 heterocycles. The van der Waals surface area contributed by atoms with E-state index in [0.717, 1.165) is 31.2 Å². The van der Waals surface area contributed by atoms with E-state index in [2.05, 4.69) is 11.3 Å². The van der Waals surface area contributed by atoms with E-state index in [1.165, 1.54) is 13.2 Å². The third-order valence-electron chi connectivity index (χ3n) is 3.68. The maximum atomic E-state index is 11.2. The molecule has 0 radical (unpaired) electrons. The number of hydrogen-bond acceptors (Lipinski definition) is 6. The number of ether oxygens (including phenoxy) is 4. The lowest BCUT2D eigenvalue weighted by molar-refractivity contribution is -0.139. The molecular formula is C21H28O6. The molecule has 27 heavy (non-hydrogen) atoms. The molecule has 0 aliphatic heterocycles. The normalized spacial score (nSPS) is 10.5. The number of unbranched alkanes of at least 4 members (excludes halogenated alkanes) is 3. The molecule has 0 atom stereocenters. The Morgan fingerprint density at radius 3 is 2.37 bits per heavy atom. The highest BCUT2D eigenvalue weighted by Gasteiger charge is 2.05. The quantitative estimate of drug-likeness (QED) is 0.313. The summed E-state index contributed by atoms with van der Waals surface area (Å²) in [4.78, 5) is 22.4. The van der Waals surface area contributed by atoms with Crippen LogP contribution in [0.25, 0.3) is 6.08 Å². The van der Waals surface area contributed by atoms with Crippen molar-refractivity contribution in [3.05, 3.63) is 42.0 Å². The predicted molar refractivity (Wildman–Crippen MR) is 104 cm³/mol. The minimum Gasteiger partial charge on any atom is -0.493 e. The van der Waals surface area contributed by atoms with Crippen molar-refractivity contribution in [2.24, 2.45) is 0 Å². The third kappa shape index (κ3) is 8.94. The van der Waals surface area contributed by atoms with Crippen LogP contribution in [0.15, 0.2) is 36.4 Å². The molecule has 6 nitrogen and oxygen atoms in total. The number of esters is 2. The molecule has 1 aromatic rings. The SMILES string of the molecule is C=C(C)C(=O)OCCCCCCOc1ccc(/C=C/C(=O)OC)cc1OC. The smallest absolute Gasteiger partial charge is 0.333 e. The number of benzene rings is 1. The molecule has 0 fully saturated rings. The summed E-state index contributed by atoms with van der Waals surface area (Å²) in [7, 11) is 2.90. The fourth-order valence-electron chi connectivity index (χ4n) is 2.17. The first-order valence-electron chi connectivity index (χ1n) is 8.87. The fourth-order valence-corrected chi connectivity index (χ4v) is 2.17. The molecule has 1 rings (SSSR count). The highest BCUT2D eigenvalue weighted by molar-refractivity contribution is 5.87. The molecule has 0 N–H and O–H groups in total. The maximum Gasteiger partial charge on any atom is 0.333 e. The summed E-state index contributed by atoms with van der Waals surface area (Å²) >= 11 is 0. The van der Waals surface area contributed by atoms with E-state index in [0.29, 0.717) is 30.3 Å². The van der Waals surface area contributed by atoms with Crippen LogP contribution in [0.2, 0.25) is 0 Å². The van der Waals surface area contributed by atoms with Crippen LogP contribution in [-0.4, -0.2) is 39.4 Å². The number of methoxy groups -OCH3 is 2. The van der Waals surface area contributed by atoms with Crippen molar-refractivity contribution < 1.29 is 28.5 Å². The Morgan fingerprint density at radius 1 is 1.04 bits per heavy atom. The molecule has 148 valence electrons. The van der Waals surface area contributed by atoms with E-state index in [4.69, 9.17) is 14.2 Å². The highest BCUT2D eigenvalue weighted by atomic mass is 16.5. The number of hydrogen-bond donors (Lipinski definition) is 0. The van der Waals surface area contributed by atoms with E-state index in [9.17, 15) is 9.59 Å². The Balaban J connectivity index is 2.32. The van der Waals surface area contributed by atoms with Crippen LogP contribution in [0.4, 0.5) is 0 Å². The molecule has 0 aliphatic carbocycles. The van der Waals surface area contributed by atoms with E-state index in [1.807, 2.05) is 12.1 Å². The number of carbonyl (C=O) groups is 2. The van der Waals surface area contributed by atoms with Gasteiger partial charge >= 0.3 is 11.9 Å². The second-order valence-corrected chi connectivity index (χ2v) is 5.95. The second kappa shape index (κ2) is 12.6. The molecule has 0 saturated heterocycles. The second-order valence-electron chi connectivity index (χ2n) is 5.95. The fraction of sp³-hybridized carbons (Fsp3) is 0.429. The van der Waals surface area contributed by atoms with Crippen LogP contribution < -0.4 is 9.47 Å². The van der Waals surface area contributed by atoms with Gasteiger partial charge in [-0.2, -0.15) is 0 Å². The van der Waals surface area contributed by atoms with Crippen molar-refractivity contribution in [3.8, 4) is 11.5 Å². The Bertz CT molecular complexity index is 663. The first-order valence-corrected chi connectivity index (χ1v) is 8.87. The molecule has 0 spiro atoms. The van der Waals surface area contributed by atoms with Crippen molar-refractivity contribution in [2.75, 3.05) is 27.4 Å². The van der Waals surface area contributed by atoms with Crippen LogP contribution in [0, 0.1) is 0 Å². The van der Waals surface area contributed by atoms with E-state index >= 15 is 0 Å². The van der Waals surface area contributed by atoms with Gasteiger partial charge in [0.05, 0.1) is 27.4 Å². The van der Waals surface area contributed by atoms with Crippen LogP contribution in [-0.2, 0) is 19.1 Å². The monoisotopic (exact) mass is 376 g/mol. The molecule has 0 aromatic heterocycles. The first-order chi connectivity index (χ1) is 13.0. The average molecular weight is 376 g/mol. The molecule has 6 heteroatoms. The molecule has 1 aromatic carbocycles. The van der Waals surface area contributed by atoms with Gasteiger partial charge in [-0.25, -0.2) is 9.59 Å². The van der Waals surface area contributed by atoms with Gasteiger partial charge in [0.15, 0.2) is 11.5 Å². The molecule has 0 saturated carbocycles. The van der Waals surface area contributed by atoms with Crippen molar-refractivity contribution in [1.29, 1.82) is 0 Å². The summed E-state index contributed by atoms with van der Waals surface area (Å²) in [5, 5.41) is 0. The minimum atomic E-state index is -0.413. The van der Waals surface area contributed by atoms with E-state index < -0.39 is 5.97 Å². The minimum absolute atomic E-state index is 0.338. The van der Waals surface area contributed by atoms with Gasteiger partial charge in [-0.1, -0.05) is 12.6 Å². The Labute approximate surface area is 160 Å². The van der Waals surface area contributed by atoms with Gasteiger partial charge in [0.2, 0.25) is 0 Å². The Morgan fingerprint density at radius 2 is 1.74 bits per heavy atom. The first kappa shape index (κ1) is 22.3. The standard InChI is InChI=1S/C21H28O6/c1-16(2)21(23)27-14-8-6-5-7-13-26-18-11-9-17(15-19(18)24-3)10-12-20(22)25-4/h9-12,15H,1,5-8,13-14H2,2-4H3/b12-10+. The molecule has 0 unspecified atom stereocenters. The van der Waals surface area contributed by atoms with Crippen LogP contribution in [0.1, 0.15) is 38.2 Å². The van der Waals surface area contributed by atoms with Gasteiger partial charge in [-0.3, -0.25) is 0 Å². The zero-order valence-corrected chi connectivity index (χ0v) is 16.3. The average Bonchev–Trinajstić information content (AvgIpc) is 2.68. The number of rotatable bonds is 12. The number of carbonyl (C=O) groups excluding carboxylic acids is 2. The Kier molecular flexibility index (Phi) is 10.4. The predicted octanol–water partition coefficient (Wildman–Crippen LogP) is 3.94. The van der Waals surface area contributed by atoms with Crippen molar-refractivity contribution >= 4 is 18.0 Å². The van der Waals surface area contributed by atoms with Crippen LogP contribution in [0.5, 0.6) is 11.5 Å². The third-order valence-corrected chi connectivity index (χ3v) is 3.68. The molecule has 0 amide bonds. The lowest BCUT2D eigenvalue weighted by atomic mass is 10.2. The summed E-state index contributed by atoms with van der Waals surface area (Å²) in [5.41, 5.74) is 1.23. The van der Waals surface area contributed by atoms with Gasteiger partial charge < -0.3 is 18.9 Å². The highest BCUT2D eigenvalue weighted by Crippen LogP contribution is 2.28. The van der Waals surface area contributed by atoms with Gasteiger partial charge in [-0.05, 0) is 56.4 Å². The summed E-state index contributed by atoms with van der Waals surface area (Å²) in [5.74, 6) is 0.510. The van der Waals surface area contributed by atoms with Crippen LogP contribution >= 0.6 is 0 Å². The van der Waals surface area contributed by atoms with Crippen LogP contribution in [0.3, 0.4) is 0 Å². The van der Waals surface area contributed by atoms with Crippen molar-refractivity contribution in [3.63, 3.8) is 0 Å². The summed E-state index contributed by atoms with van der Waals surface area (Å²) in [6, 6.07) is 5.45. The van der Waals surface area contributed by atoms with Crippen molar-refractivity contribution in [1.82, 2.24) is 0 Å². The summed E-state index contributed by atoms with van der Waals surface area (Å²) in [6.07, 6.45) is 6.65. The van der Waals surface area contributed by atoms with Gasteiger partial charge in [0.1, 0.15) is 0 Å². The van der Waals surface area contributed by atoms with Gasteiger partial charge in [-0.15, -0.1) is 0 Å². The summed E-state index contributed by atoms with van der Waals surface area (Å²) in [6.45, 7) is 6.16. The van der Waals surface area contributed by atoms with Gasteiger partial charge in [0, 0.05) is 11.6 Å². The van der Waals surface area contributed by atoms with E-state index in [-0.39, 0.29) is 5.97 Å². The maximum absolute atomic E-state index is 11.2. The lowest BCUT2D eigenvalue weighted by Gasteiger charge is -2.11. The molecular weight excluding hydrogens is 348 g/mol. The lowest BCUT2D eigenvalue weighted by Crippen LogP contribution is -2.06. The van der Waals surface area contributed by atoms with Crippen molar-refractivity contribution in [2.45, 2.75) is 32.6 Å². The van der Waals surface area contributed by atoms with E-state index in [1.54, 1.807) is 26.2 Å². The molecule has 0 aliphatic rings. The topological polar surface area (TPSA) is 71.1 Å². The Hall–Kier alpha value is -2.76.